The summed E-state index contributed by atoms with van der Waals surface area (Å²) < 4.78 is 0. The lowest BCUT2D eigenvalue weighted by Crippen LogP contribution is -2.54. The second-order valence-electron chi connectivity index (χ2n) is 3.20. The van der Waals surface area contributed by atoms with Crippen molar-refractivity contribution in [2.75, 3.05) is 13.2 Å². The standard InChI is InChI=1S/C8H15NO7/c9-5(6(14)3(12)1-10)8(16)7(15)4(13)2-11/h4-5,7-8,10-11,13,15-16H,1-2,9H2/t4-,5+,7-,8-/m1/s1. The van der Waals surface area contributed by atoms with E-state index in [0.717, 1.165) is 0 Å². The van der Waals surface area contributed by atoms with Gasteiger partial charge in [0.05, 0.1) is 6.61 Å². The third-order valence-electron chi connectivity index (χ3n) is 2.02. The predicted molar refractivity (Wildman–Crippen MR) is 50.2 cm³/mol. The van der Waals surface area contributed by atoms with Crippen LogP contribution in [0.3, 0.4) is 0 Å². The monoisotopic (exact) mass is 237 g/mol. The van der Waals surface area contributed by atoms with Gasteiger partial charge in [-0.05, 0) is 0 Å². The van der Waals surface area contributed by atoms with E-state index in [-0.39, 0.29) is 0 Å². The Labute approximate surface area is 90.9 Å². The Morgan fingerprint density at radius 2 is 1.56 bits per heavy atom. The lowest BCUT2D eigenvalue weighted by atomic mass is 9.97. The van der Waals surface area contributed by atoms with Crippen LogP contribution in [0.1, 0.15) is 0 Å². The maximum atomic E-state index is 11.1. The molecule has 0 heterocycles. The van der Waals surface area contributed by atoms with E-state index >= 15 is 0 Å². The van der Waals surface area contributed by atoms with Crippen molar-refractivity contribution in [2.24, 2.45) is 5.73 Å². The van der Waals surface area contributed by atoms with Gasteiger partial charge in [0.15, 0.2) is 0 Å². The maximum Gasteiger partial charge on any atom is 0.225 e. The molecule has 0 aliphatic rings. The van der Waals surface area contributed by atoms with Crippen LogP contribution in [0.15, 0.2) is 0 Å². The number of Topliss-reactive ketones (excluding diaryl/α,β-unsaturated/α-hetero) is 2. The molecule has 0 aromatic carbocycles. The fraction of sp³-hybridized carbons (Fsp3) is 0.750. The fourth-order valence-electron chi connectivity index (χ4n) is 0.967. The minimum absolute atomic E-state index is 0.840. The first kappa shape index (κ1) is 15.1. The molecule has 7 N–H and O–H groups in total. The van der Waals surface area contributed by atoms with E-state index in [9.17, 15) is 19.8 Å². The van der Waals surface area contributed by atoms with Crippen LogP contribution in [0.5, 0.6) is 0 Å². The molecule has 4 atom stereocenters. The van der Waals surface area contributed by atoms with Gasteiger partial charge in [0, 0.05) is 0 Å². The molecule has 0 radical (unpaired) electrons. The molecule has 0 spiro atoms. The van der Waals surface area contributed by atoms with Crippen molar-refractivity contribution in [3.63, 3.8) is 0 Å². The smallest absolute Gasteiger partial charge is 0.225 e. The molecule has 0 rings (SSSR count). The first-order valence-corrected chi connectivity index (χ1v) is 4.45. The Kier molecular flexibility index (Phi) is 6.26. The van der Waals surface area contributed by atoms with Gasteiger partial charge in [0.2, 0.25) is 11.6 Å². The number of aliphatic hydroxyl groups excluding tert-OH is 5. The molecule has 94 valence electrons. The first-order valence-electron chi connectivity index (χ1n) is 4.45. The van der Waals surface area contributed by atoms with E-state index in [0.29, 0.717) is 0 Å². The van der Waals surface area contributed by atoms with Gasteiger partial charge in [0.1, 0.15) is 31.0 Å². The number of carbonyl (C=O) groups is 2. The molecular weight excluding hydrogens is 222 g/mol. The molecule has 0 bridgehead atoms. The minimum Gasteiger partial charge on any atom is -0.394 e. The van der Waals surface area contributed by atoms with Crippen molar-refractivity contribution in [1.29, 1.82) is 0 Å². The molecule has 0 aromatic rings. The highest BCUT2D eigenvalue weighted by atomic mass is 16.4. The van der Waals surface area contributed by atoms with Crippen molar-refractivity contribution >= 4 is 11.6 Å². The highest BCUT2D eigenvalue weighted by Crippen LogP contribution is 2.04. The average molecular weight is 237 g/mol. The predicted octanol–water partition coefficient (Wildman–Crippen LogP) is -4.48. The zero-order valence-electron chi connectivity index (χ0n) is 8.35. The summed E-state index contributed by atoms with van der Waals surface area (Å²) in [7, 11) is 0. The van der Waals surface area contributed by atoms with Crippen LogP contribution in [-0.2, 0) is 9.59 Å². The number of hydrogen-bond donors (Lipinski definition) is 6. The molecule has 0 aromatic heterocycles. The SMILES string of the molecule is N[C@@H](C(=O)C(=O)CO)[C@@H](O)[C@H](O)[C@H](O)CO. The number of aliphatic hydroxyl groups is 5. The summed E-state index contributed by atoms with van der Waals surface area (Å²) >= 11 is 0. The lowest BCUT2D eigenvalue weighted by Gasteiger charge is -2.24. The van der Waals surface area contributed by atoms with Gasteiger partial charge in [-0.15, -0.1) is 0 Å². The largest absolute Gasteiger partial charge is 0.394 e. The average Bonchev–Trinajstić information content (AvgIpc) is 2.32. The fourth-order valence-corrected chi connectivity index (χ4v) is 0.967. The van der Waals surface area contributed by atoms with Gasteiger partial charge in [-0.3, -0.25) is 9.59 Å². The van der Waals surface area contributed by atoms with E-state index < -0.39 is 49.1 Å². The molecule has 8 nitrogen and oxygen atoms in total. The first-order chi connectivity index (χ1) is 7.36. The van der Waals surface area contributed by atoms with Crippen molar-refractivity contribution in [3.05, 3.63) is 0 Å². The second-order valence-corrected chi connectivity index (χ2v) is 3.20. The van der Waals surface area contributed by atoms with Crippen molar-refractivity contribution in [3.8, 4) is 0 Å². The molecule has 0 aliphatic carbocycles. The highest BCUT2D eigenvalue weighted by molar-refractivity contribution is 6.39. The van der Waals surface area contributed by atoms with Crippen LogP contribution in [0.25, 0.3) is 0 Å². The Hall–Kier alpha value is -0.900. The topological polar surface area (TPSA) is 161 Å². The summed E-state index contributed by atoms with van der Waals surface area (Å²) in [6.45, 7) is -1.90. The second kappa shape index (κ2) is 6.63. The molecule has 0 aliphatic heterocycles. The quantitative estimate of drug-likeness (QED) is 0.241. The number of nitrogens with two attached hydrogens (primary N) is 1. The van der Waals surface area contributed by atoms with Gasteiger partial charge in [-0.1, -0.05) is 0 Å². The van der Waals surface area contributed by atoms with Gasteiger partial charge in [-0.25, -0.2) is 0 Å². The number of rotatable bonds is 7. The molecule has 0 saturated carbocycles. The normalized spacial score (nSPS) is 18.6. The summed E-state index contributed by atoms with van der Waals surface area (Å²) in [6, 6.07) is -1.77. The van der Waals surface area contributed by atoms with E-state index in [1.807, 2.05) is 0 Å². The van der Waals surface area contributed by atoms with Gasteiger partial charge in [0.25, 0.3) is 0 Å². The number of hydrogen-bond acceptors (Lipinski definition) is 8. The van der Waals surface area contributed by atoms with Crippen molar-refractivity contribution in [1.82, 2.24) is 0 Å². The summed E-state index contributed by atoms with van der Waals surface area (Å²) in [6.07, 6.45) is -5.46. The van der Waals surface area contributed by atoms with E-state index in [2.05, 4.69) is 0 Å². The molecule has 0 amide bonds. The zero-order valence-corrected chi connectivity index (χ0v) is 8.35. The molecule has 0 fully saturated rings. The van der Waals surface area contributed by atoms with E-state index in [1.54, 1.807) is 0 Å². The highest BCUT2D eigenvalue weighted by Gasteiger charge is 2.35. The third kappa shape index (κ3) is 3.59. The van der Waals surface area contributed by atoms with Crippen LogP contribution < -0.4 is 5.73 Å². The molecule has 8 heteroatoms. The van der Waals surface area contributed by atoms with Crippen molar-refractivity contribution < 1.29 is 35.1 Å². The summed E-state index contributed by atoms with van der Waals surface area (Å²) in [5, 5.41) is 44.3. The van der Waals surface area contributed by atoms with Gasteiger partial charge >= 0.3 is 0 Å². The third-order valence-corrected chi connectivity index (χ3v) is 2.02. The molecule has 16 heavy (non-hydrogen) atoms. The Morgan fingerprint density at radius 3 is 1.94 bits per heavy atom. The molecule has 0 saturated heterocycles. The number of ketones is 2. The Bertz CT molecular complexity index is 257. The summed E-state index contributed by atoms with van der Waals surface area (Å²) in [5.41, 5.74) is 5.15. The van der Waals surface area contributed by atoms with Crippen molar-refractivity contribution in [2.45, 2.75) is 24.4 Å². The Balaban J connectivity index is 4.54. The Morgan fingerprint density at radius 1 is 1.06 bits per heavy atom. The minimum atomic E-state index is -1.91. The van der Waals surface area contributed by atoms with E-state index in [4.69, 9.17) is 21.1 Å². The molecule has 0 unspecified atom stereocenters. The number of carbonyl (C=O) groups excluding carboxylic acids is 2. The summed E-state index contributed by atoms with van der Waals surface area (Å²) in [4.78, 5) is 21.8. The van der Waals surface area contributed by atoms with Crippen LogP contribution in [0.2, 0.25) is 0 Å². The summed E-state index contributed by atoms with van der Waals surface area (Å²) in [5.74, 6) is -2.48. The molecular formula is C8H15NO7. The van der Waals surface area contributed by atoms with Crippen LogP contribution >= 0.6 is 0 Å². The van der Waals surface area contributed by atoms with E-state index in [1.165, 1.54) is 0 Å². The van der Waals surface area contributed by atoms with Gasteiger partial charge in [-0.2, -0.15) is 0 Å². The maximum absolute atomic E-state index is 11.1. The van der Waals surface area contributed by atoms with Crippen LogP contribution in [0, 0.1) is 0 Å². The van der Waals surface area contributed by atoms with Gasteiger partial charge < -0.3 is 31.3 Å². The van der Waals surface area contributed by atoms with Crippen LogP contribution in [-0.4, -0.2) is 74.7 Å². The zero-order chi connectivity index (χ0) is 12.9. The van der Waals surface area contributed by atoms with Crippen LogP contribution in [0.4, 0.5) is 0 Å². The lowest BCUT2D eigenvalue weighted by molar-refractivity contribution is -0.143.